The summed E-state index contributed by atoms with van der Waals surface area (Å²) in [6.45, 7) is 6.87. The highest BCUT2D eigenvalue weighted by Crippen LogP contribution is 2.42. The Kier molecular flexibility index (Phi) is 3.35. The molecule has 0 radical (unpaired) electrons. The molecule has 1 aromatic carbocycles. The number of phenolic OH excluding ortho intramolecular Hbond substituents is 1. The zero-order valence-corrected chi connectivity index (χ0v) is 9.92. The molecular weight excluding hydrogens is 252 g/mol. The normalized spacial score (nSPS) is 10.4. The lowest BCUT2D eigenvalue weighted by Gasteiger charge is -2.11. The summed E-state index contributed by atoms with van der Waals surface area (Å²) in [6.07, 6.45) is 2.93. The van der Waals surface area contributed by atoms with E-state index < -0.39 is 0 Å². The quantitative estimate of drug-likeness (QED) is 0.333. The highest BCUT2D eigenvalue weighted by atomic mass is 17.1. The second-order valence-corrected chi connectivity index (χ2v) is 3.75. The van der Waals surface area contributed by atoms with Crippen molar-refractivity contribution in [2.75, 3.05) is 0 Å². The van der Waals surface area contributed by atoms with Crippen molar-refractivity contribution >= 4 is 11.0 Å². The third-order valence-corrected chi connectivity index (χ3v) is 2.56. The van der Waals surface area contributed by atoms with Gasteiger partial charge in [0.05, 0.1) is 0 Å². The number of benzene rings is 1. The number of hydrogen-bond acceptors (Lipinski definition) is 6. The molecule has 1 heterocycles. The molecule has 100 valence electrons. The minimum absolute atomic E-state index is 0.179. The average molecular weight is 264 g/mol. The third kappa shape index (κ3) is 2.21. The predicted octanol–water partition coefficient (Wildman–Crippen LogP) is 2.91. The summed E-state index contributed by atoms with van der Waals surface area (Å²) in [5.74, 6) is -0.552. The van der Waals surface area contributed by atoms with E-state index in [-0.39, 0.29) is 40.6 Å². The monoisotopic (exact) mass is 264 g/mol. The van der Waals surface area contributed by atoms with Gasteiger partial charge in [0.25, 0.3) is 0 Å². The Morgan fingerprint density at radius 3 is 2.79 bits per heavy atom. The van der Waals surface area contributed by atoms with Crippen LogP contribution in [0.3, 0.4) is 0 Å². The zero-order valence-electron chi connectivity index (χ0n) is 9.92. The summed E-state index contributed by atoms with van der Waals surface area (Å²) in [7, 11) is 0. The maximum Gasteiger partial charge on any atom is 0.314 e. The largest absolute Gasteiger partial charge is 0.507 e. The van der Waals surface area contributed by atoms with Crippen LogP contribution in [0.15, 0.2) is 41.9 Å². The lowest BCUT2D eigenvalue weighted by molar-refractivity contribution is -0.230. The van der Waals surface area contributed by atoms with Crippen LogP contribution in [0, 0.1) is 0 Å². The van der Waals surface area contributed by atoms with Gasteiger partial charge in [-0.15, -0.1) is 6.58 Å². The van der Waals surface area contributed by atoms with Crippen molar-refractivity contribution < 1.29 is 29.5 Å². The highest BCUT2D eigenvalue weighted by molar-refractivity contribution is 5.92. The van der Waals surface area contributed by atoms with Crippen molar-refractivity contribution in [1.82, 2.24) is 0 Å². The van der Waals surface area contributed by atoms with Gasteiger partial charge >= 0.3 is 5.95 Å². The van der Waals surface area contributed by atoms with Crippen LogP contribution >= 0.6 is 0 Å². The second kappa shape index (κ2) is 4.95. The van der Waals surface area contributed by atoms with Gasteiger partial charge in [-0.05, 0) is 13.0 Å². The SMILES string of the molecule is C=CCc1c(OC(=C)OO)cc2occ(O)c2c1O. The van der Waals surface area contributed by atoms with Crippen LogP contribution < -0.4 is 4.74 Å². The second-order valence-electron chi connectivity index (χ2n) is 3.75. The van der Waals surface area contributed by atoms with Crippen molar-refractivity contribution in [1.29, 1.82) is 0 Å². The first-order chi connectivity index (χ1) is 9.08. The lowest BCUT2D eigenvalue weighted by Crippen LogP contribution is -1.99. The van der Waals surface area contributed by atoms with Crippen molar-refractivity contribution in [2.45, 2.75) is 6.42 Å². The Morgan fingerprint density at radius 2 is 2.16 bits per heavy atom. The van der Waals surface area contributed by atoms with Crippen LogP contribution in [0.1, 0.15) is 5.56 Å². The molecule has 2 rings (SSSR count). The summed E-state index contributed by atoms with van der Waals surface area (Å²) in [5, 5.41) is 28.4. The van der Waals surface area contributed by atoms with E-state index in [0.29, 0.717) is 5.56 Å². The number of furan rings is 1. The Bertz CT molecular complexity index is 640. The maximum absolute atomic E-state index is 10.1. The van der Waals surface area contributed by atoms with Gasteiger partial charge in [0, 0.05) is 11.6 Å². The van der Waals surface area contributed by atoms with Gasteiger partial charge in [0.2, 0.25) is 0 Å². The highest BCUT2D eigenvalue weighted by Gasteiger charge is 2.19. The molecule has 2 aromatic rings. The van der Waals surface area contributed by atoms with Gasteiger partial charge in [-0.2, -0.15) is 5.26 Å². The van der Waals surface area contributed by atoms with E-state index in [1.165, 1.54) is 6.07 Å². The smallest absolute Gasteiger partial charge is 0.314 e. The number of fused-ring (bicyclic) bond motifs is 1. The van der Waals surface area contributed by atoms with Crippen LogP contribution in [0.25, 0.3) is 11.0 Å². The molecule has 6 heteroatoms. The van der Waals surface area contributed by atoms with E-state index in [4.69, 9.17) is 14.4 Å². The van der Waals surface area contributed by atoms with Crippen LogP contribution in [0.2, 0.25) is 0 Å². The molecule has 0 aliphatic heterocycles. The van der Waals surface area contributed by atoms with Gasteiger partial charge in [-0.1, -0.05) is 6.08 Å². The summed E-state index contributed by atoms with van der Waals surface area (Å²) >= 11 is 0. The van der Waals surface area contributed by atoms with E-state index in [1.807, 2.05) is 0 Å². The molecule has 0 aliphatic rings. The first kappa shape index (κ1) is 12.8. The number of rotatable bonds is 5. The van der Waals surface area contributed by atoms with E-state index in [1.54, 1.807) is 6.08 Å². The molecule has 0 spiro atoms. The van der Waals surface area contributed by atoms with Crippen molar-refractivity contribution in [3.63, 3.8) is 0 Å². The molecule has 6 nitrogen and oxygen atoms in total. The van der Waals surface area contributed by atoms with Crippen LogP contribution in [0.4, 0.5) is 0 Å². The Labute approximate surface area is 108 Å². The van der Waals surface area contributed by atoms with E-state index in [9.17, 15) is 10.2 Å². The van der Waals surface area contributed by atoms with Gasteiger partial charge in [-0.3, -0.25) is 0 Å². The summed E-state index contributed by atoms with van der Waals surface area (Å²) in [5.41, 5.74) is 0.584. The number of phenols is 1. The van der Waals surface area contributed by atoms with E-state index in [2.05, 4.69) is 18.0 Å². The van der Waals surface area contributed by atoms with Crippen molar-refractivity contribution in [3.05, 3.63) is 43.1 Å². The van der Waals surface area contributed by atoms with Gasteiger partial charge in [0.1, 0.15) is 28.7 Å². The fourth-order valence-electron chi connectivity index (χ4n) is 1.76. The van der Waals surface area contributed by atoms with Gasteiger partial charge in [0.15, 0.2) is 5.75 Å². The van der Waals surface area contributed by atoms with Gasteiger partial charge in [-0.25, -0.2) is 0 Å². The molecule has 0 unspecified atom stereocenters. The summed E-state index contributed by atoms with van der Waals surface area (Å²) in [4.78, 5) is 3.84. The van der Waals surface area contributed by atoms with E-state index >= 15 is 0 Å². The molecule has 0 bridgehead atoms. The fraction of sp³-hybridized carbons (Fsp3) is 0.0769. The first-order valence-electron chi connectivity index (χ1n) is 5.32. The van der Waals surface area contributed by atoms with Crippen molar-refractivity contribution in [2.24, 2.45) is 0 Å². The predicted molar refractivity (Wildman–Crippen MR) is 66.9 cm³/mol. The summed E-state index contributed by atoms with van der Waals surface area (Å²) in [6, 6.07) is 1.44. The molecule has 0 amide bonds. The zero-order chi connectivity index (χ0) is 14.0. The van der Waals surface area contributed by atoms with Crippen LogP contribution in [-0.2, 0) is 11.3 Å². The molecule has 0 saturated carbocycles. The van der Waals surface area contributed by atoms with Crippen LogP contribution in [-0.4, -0.2) is 15.5 Å². The minimum Gasteiger partial charge on any atom is -0.507 e. The Morgan fingerprint density at radius 1 is 1.42 bits per heavy atom. The Hall–Kier alpha value is -2.60. The average Bonchev–Trinajstić information content (AvgIpc) is 2.75. The van der Waals surface area contributed by atoms with Crippen LogP contribution in [0.5, 0.6) is 17.2 Å². The molecular formula is C13H12O6. The molecule has 0 saturated heterocycles. The Balaban J connectivity index is 2.63. The number of ether oxygens (including phenoxy) is 1. The molecule has 1 aromatic heterocycles. The minimum atomic E-state index is -0.361. The fourth-order valence-corrected chi connectivity index (χ4v) is 1.76. The molecule has 0 fully saturated rings. The molecule has 3 N–H and O–H groups in total. The number of hydrogen-bond donors (Lipinski definition) is 3. The maximum atomic E-state index is 10.1. The molecule has 19 heavy (non-hydrogen) atoms. The number of allylic oxidation sites excluding steroid dienone is 1. The lowest BCUT2D eigenvalue weighted by atomic mass is 10.1. The van der Waals surface area contributed by atoms with E-state index in [0.717, 1.165) is 6.26 Å². The van der Waals surface area contributed by atoms with Gasteiger partial charge < -0.3 is 24.3 Å². The summed E-state index contributed by atoms with van der Waals surface area (Å²) < 4.78 is 10.2. The topological polar surface area (TPSA) is 92.3 Å². The number of aromatic hydroxyl groups is 2. The third-order valence-electron chi connectivity index (χ3n) is 2.56. The standard InChI is InChI=1S/C13H12O6/c1-3-4-8-10(18-7(2)19-16)5-11-12(13(8)15)9(14)6-17-11/h3,5-6,14-16H,1-2,4H2. The molecule has 0 atom stereocenters. The molecule has 0 aliphatic carbocycles. The first-order valence-corrected chi connectivity index (χ1v) is 5.32. The van der Waals surface area contributed by atoms with Crippen molar-refractivity contribution in [3.8, 4) is 17.2 Å².